The third-order valence-electron chi connectivity index (χ3n) is 3.69. The zero-order chi connectivity index (χ0) is 17.0. The maximum Gasteiger partial charge on any atom is 0.410 e. The Morgan fingerprint density at radius 1 is 1.48 bits per heavy atom. The number of carbonyl (C=O) groups excluding carboxylic acids is 2. The van der Waals surface area contributed by atoms with Crippen molar-refractivity contribution in [1.82, 2.24) is 14.8 Å². The molecule has 0 saturated carbocycles. The Kier molecular flexibility index (Phi) is 5.62. The van der Waals surface area contributed by atoms with E-state index in [2.05, 4.69) is 4.98 Å². The van der Waals surface area contributed by atoms with E-state index in [9.17, 15) is 9.59 Å². The van der Waals surface area contributed by atoms with Crippen molar-refractivity contribution in [3.8, 4) is 0 Å². The van der Waals surface area contributed by atoms with E-state index in [1.54, 1.807) is 22.8 Å². The van der Waals surface area contributed by atoms with Gasteiger partial charge in [-0.25, -0.2) is 9.78 Å². The van der Waals surface area contributed by atoms with Gasteiger partial charge in [0.1, 0.15) is 11.3 Å². The van der Waals surface area contributed by atoms with E-state index in [0.717, 1.165) is 19.4 Å². The first-order chi connectivity index (χ1) is 10.8. The molecule has 0 radical (unpaired) electrons. The number of carbonyl (C=O) groups is 2. The number of rotatable bonds is 3. The van der Waals surface area contributed by atoms with Gasteiger partial charge in [-0.1, -0.05) is 0 Å². The van der Waals surface area contributed by atoms with Crippen molar-refractivity contribution in [2.45, 2.75) is 39.2 Å². The summed E-state index contributed by atoms with van der Waals surface area (Å²) < 4.78 is 5.37. The van der Waals surface area contributed by atoms with Gasteiger partial charge in [0.15, 0.2) is 0 Å². The van der Waals surface area contributed by atoms with Crippen LogP contribution in [-0.2, 0) is 4.74 Å². The van der Waals surface area contributed by atoms with Crippen molar-refractivity contribution >= 4 is 23.3 Å². The Morgan fingerprint density at radius 3 is 2.83 bits per heavy atom. The van der Waals surface area contributed by atoms with Crippen LogP contribution in [-0.4, -0.2) is 59.1 Å². The maximum absolute atomic E-state index is 12.4. The summed E-state index contributed by atoms with van der Waals surface area (Å²) >= 11 is 1.42. The van der Waals surface area contributed by atoms with Crippen LogP contribution in [0.2, 0.25) is 0 Å². The van der Waals surface area contributed by atoms with Crippen LogP contribution in [0.4, 0.5) is 4.79 Å². The topological polar surface area (TPSA) is 62.7 Å². The van der Waals surface area contributed by atoms with Crippen molar-refractivity contribution < 1.29 is 14.3 Å². The number of aromatic nitrogens is 1. The summed E-state index contributed by atoms with van der Waals surface area (Å²) in [4.78, 5) is 32.0. The molecule has 0 bridgehead atoms. The monoisotopic (exact) mass is 339 g/mol. The summed E-state index contributed by atoms with van der Waals surface area (Å²) in [7, 11) is 1.75. The lowest BCUT2D eigenvalue weighted by Crippen LogP contribution is -2.45. The predicted octanol–water partition coefficient (Wildman–Crippen LogP) is 2.86. The number of nitrogens with zero attached hydrogens (tertiary/aromatic N) is 3. The zero-order valence-corrected chi connectivity index (χ0v) is 15.1. The molecule has 1 unspecified atom stereocenters. The molecule has 7 heteroatoms. The molecule has 1 saturated heterocycles. The lowest BCUT2D eigenvalue weighted by atomic mass is 9.97. The summed E-state index contributed by atoms with van der Waals surface area (Å²) in [5, 5.41) is 1.78. The molecule has 2 heterocycles. The number of thiazole rings is 1. The smallest absolute Gasteiger partial charge is 0.410 e. The molecule has 6 nitrogen and oxygen atoms in total. The molecule has 1 aliphatic rings. The van der Waals surface area contributed by atoms with E-state index in [1.165, 1.54) is 11.3 Å². The van der Waals surface area contributed by atoms with Crippen LogP contribution >= 0.6 is 11.3 Å². The van der Waals surface area contributed by atoms with Gasteiger partial charge >= 0.3 is 6.09 Å². The number of likely N-dealkylation sites (tertiary alicyclic amines) is 1. The fraction of sp³-hybridized carbons (Fsp3) is 0.688. The minimum absolute atomic E-state index is 0.0177. The van der Waals surface area contributed by atoms with Gasteiger partial charge in [-0.05, 0) is 39.5 Å². The minimum atomic E-state index is -0.496. The molecule has 0 aliphatic carbocycles. The van der Waals surface area contributed by atoms with Gasteiger partial charge in [0.05, 0.1) is 5.51 Å². The van der Waals surface area contributed by atoms with Crippen LogP contribution in [0, 0.1) is 5.92 Å². The van der Waals surface area contributed by atoms with E-state index < -0.39 is 5.60 Å². The van der Waals surface area contributed by atoms with Crippen LogP contribution < -0.4 is 0 Å². The Labute approximate surface area is 141 Å². The lowest BCUT2D eigenvalue weighted by Gasteiger charge is -2.34. The van der Waals surface area contributed by atoms with E-state index in [4.69, 9.17) is 4.74 Å². The molecular weight excluding hydrogens is 314 g/mol. The zero-order valence-electron chi connectivity index (χ0n) is 14.2. The van der Waals surface area contributed by atoms with Gasteiger partial charge in [-0.15, -0.1) is 11.3 Å². The van der Waals surface area contributed by atoms with Crippen molar-refractivity contribution in [2.24, 2.45) is 5.92 Å². The minimum Gasteiger partial charge on any atom is -0.444 e. The molecule has 23 heavy (non-hydrogen) atoms. The Hall–Kier alpha value is -1.63. The van der Waals surface area contributed by atoms with Gasteiger partial charge in [0.2, 0.25) is 0 Å². The van der Waals surface area contributed by atoms with Gasteiger partial charge < -0.3 is 14.5 Å². The maximum atomic E-state index is 12.4. The number of hydrogen-bond donors (Lipinski definition) is 0. The average molecular weight is 339 g/mol. The second-order valence-corrected chi connectivity index (χ2v) is 7.71. The molecule has 0 aromatic carbocycles. The molecule has 2 rings (SSSR count). The highest BCUT2D eigenvalue weighted by Gasteiger charge is 2.28. The highest BCUT2D eigenvalue weighted by molar-refractivity contribution is 7.07. The first kappa shape index (κ1) is 17.7. The first-order valence-electron chi connectivity index (χ1n) is 7.88. The molecular formula is C16H25N3O3S. The first-order valence-corrected chi connectivity index (χ1v) is 8.82. The molecule has 1 aromatic rings. The van der Waals surface area contributed by atoms with E-state index >= 15 is 0 Å². The highest BCUT2D eigenvalue weighted by Crippen LogP contribution is 2.20. The van der Waals surface area contributed by atoms with Crippen molar-refractivity contribution in [3.63, 3.8) is 0 Å². The van der Waals surface area contributed by atoms with E-state index in [0.29, 0.717) is 18.8 Å². The number of amides is 2. The van der Waals surface area contributed by atoms with E-state index in [-0.39, 0.29) is 17.9 Å². The molecule has 1 atom stereocenters. The Morgan fingerprint density at radius 2 is 2.22 bits per heavy atom. The second kappa shape index (κ2) is 7.29. The molecule has 2 amide bonds. The average Bonchev–Trinajstić information content (AvgIpc) is 2.99. The lowest BCUT2D eigenvalue weighted by molar-refractivity contribution is 0.0244. The molecule has 1 fully saturated rings. The third kappa shape index (κ3) is 5.20. The van der Waals surface area contributed by atoms with Crippen LogP contribution in [0.15, 0.2) is 10.9 Å². The van der Waals surface area contributed by atoms with Gasteiger partial charge in [0.25, 0.3) is 5.91 Å². The Balaban J connectivity index is 1.88. The third-order valence-corrected chi connectivity index (χ3v) is 4.28. The summed E-state index contributed by atoms with van der Waals surface area (Å²) in [6.07, 6.45) is 1.64. The quantitative estimate of drug-likeness (QED) is 0.849. The standard InChI is InChI=1S/C16H25N3O3S/c1-16(2,3)22-15(21)18(4)8-12-6-5-7-19(9-12)14(20)13-10-23-11-17-13/h10-12H,5-9H2,1-4H3. The van der Waals surface area contributed by atoms with Crippen molar-refractivity contribution in [2.75, 3.05) is 26.7 Å². The predicted molar refractivity (Wildman–Crippen MR) is 89.6 cm³/mol. The van der Waals surface area contributed by atoms with Crippen molar-refractivity contribution in [1.29, 1.82) is 0 Å². The normalized spacial score (nSPS) is 18.6. The van der Waals surface area contributed by atoms with Crippen molar-refractivity contribution in [3.05, 3.63) is 16.6 Å². The van der Waals surface area contributed by atoms with Crippen LogP contribution in [0.1, 0.15) is 44.1 Å². The van der Waals surface area contributed by atoms with Crippen LogP contribution in [0.5, 0.6) is 0 Å². The fourth-order valence-electron chi connectivity index (χ4n) is 2.68. The highest BCUT2D eigenvalue weighted by atomic mass is 32.1. The Bertz CT molecular complexity index is 539. The molecule has 1 aliphatic heterocycles. The van der Waals surface area contributed by atoms with Gasteiger partial charge in [0, 0.05) is 32.1 Å². The SMILES string of the molecule is CN(CC1CCCN(C(=O)c2cscn2)C1)C(=O)OC(C)(C)C. The van der Waals surface area contributed by atoms with Gasteiger partial charge in [-0.3, -0.25) is 4.79 Å². The largest absolute Gasteiger partial charge is 0.444 e. The van der Waals surface area contributed by atoms with Crippen LogP contribution in [0.3, 0.4) is 0 Å². The van der Waals surface area contributed by atoms with E-state index in [1.807, 2.05) is 25.7 Å². The summed E-state index contributed by atoms with van der Waals surface area (Å²) in [5.41, 5.74) is 1.69. The molecule has 1 aromatic heterocycles. The number of piperidine rings is 1. The fourth-order valence-corrected chi connectivity index (χ4v) is 3.21. The number of ether oxygens (including phenoxy) is 1. The van der Waals surface area contributed by atoms with Crippen LogP contribution in [0.25, 0.3) is 0 Å². The second-order valence-electron chi connectivity index (χ2n) is 6.99. The molecule has 0 N–H and O–H groups in total. The summed E-state index contributed by atoms with van der Waals surface area (Å²) in [6, 6.07) is 0. The number of hydrogen-bond acceptors (Lipinski definition) is 5. The molecule has 128 valence electrons. The summed E-state index contributed by atoms with van der Waals surface area (Å²) in [6.45, 7) is 7.57. The van der Waals surface area contributed by atoms with Gasteiger partial charge in [-0.2, -0.15) is 0 Å². The summed E-state index contributed by atoms with van der Waals surface area (Å²) in [5.74, 6) is 0.250. The molecule has 0 spiro atoms.